The Morgan fingerprint density at radius 2 is 1.41 bits per heavy atom. The summed E-state index contributed by atoms with van der Waals surface area (Å²) in [5.41, 5.74) is 1.40. The summed E-state index contributed by atoms with van der Waals surface area (Å²) in [6.07, 6.45) is -1.65. The molecular weight excluding hydrogens is 522 g/mol. The highest BCUT2D eigenvalue weighted by molar-refractivity contribution is 5.78. The largest absolute Gasteiger partial charge is 0.497 e. The fourth-order valence-electron chi connectivity index (χ4n) is 4.62. The van der Waals surface area contributed by atoms with E-state index in [4.69, 9.17) is 14.2 Å². The molecule has 0 aliphatic rings. The van der Waals surface area contributed by atoms with Crippen LogP contribution in [0.15, 0.2) is 91.0 Å². The number of likely N-dealkylation sites (N-methyl/N-ethyl adjacent to an activating group) is 1. The van der Waals surface area contributed by atoms with Crippen LogP contribution in [0.2, 0.25) is 0 Å². The lowest BCUT2D eigenvalue weighted by Gasteiger charge is -2.39. The Bertz CT molecular complexity index is 1400. The quantitative estimate of drug-likeness (QED) is 0.271. The number of aryl methyl sites for hydroxylation is 2. The lowest BCUT2D eigenvalue weighted by atomic mass is 9.81. The van der Waals surface area contributed by atoms with Crippen LogP contribution in [0.5, 0.6) is 11.8 Å². The molecule has 0 saturated carbocycles. The molecule has 1 unspecified atom stereocenters. The van der Waals surface area contributed by atoms with Gasteiger partial charge in [-0.15, -0.1) is 0 Å². The number of hydrogen-bond donors (Lipinski definition) is 1. The number of carbonyl (C=O) groups excluding carboxylic acids is 1. The Morgan fingerprint density at radius 3 is 1.90 bits per heavy atom. The lowest BCUT2D eigenvalue weighted by Crippen LogP contribution is -2.52. The van der Waals surface area contributed by atoms with Crippen molar-refractivity contribution >= 4 is 11.9 Å². The summed E-state index contributed by atoms with van der Waals surface area (Å²) in [5, 5.41) is 10.6. The molecule has 0 spiro atoms. The van der Waals surface area contributed by atoms with E-state index < -0.39 is 24.3 Å². The molecule has 1 atom stereocenters. The Labute approximate surface area is 239 Å². The molecule has 9 nitrogen and oxygen atoms in total. The molecule has 1 N–H and O–H groups in total. The number of rotatable bonds is 12. The van der Waals surface area contributed by atoms with E-state index in [1.165, 1.54) is 4.90 Å². The number of ether oxygens (including phenoxy) is 3. The molecule has 0 bridgehead atoms. The Morgan fingerprint density at radius 1 is 0.878 bits per heavy atom. The number of hydrogen-bond acceptors (Lipinski definition) is 7. The van der Waals surface area contributed by atoms with Crippen LogP contribution in [0.4, 0.5) is 0 Å². The molecule has 9 heteroatoms. The minimum atomic E-state index is -1.73. The van der Waals surface area contributed by atoms with Gasteiger partial charge in [-0.3, -0.25) is 4.79 Å². The molecule has 3 aromatic carbocycles. The zero-order valence-corrected chi connectivity index (χ0v) is 23.5. The third-order valence-corrected chi connectivity index (χ3v) is 6.61. The third kappa shape index (κ3) is 6.88. The van der Waals surface area contributed by atoms with Crippen LogP contribution in [-0.4, -0.2) is 58.7 Å². The molecule has 4 rings (SSSR count). The van der Waals surface area contributed by atoms with Crippen molar-refractivity contribution in [2.45, 2.75) is 32.1 Å². The molecule has 1 heterocycles. The van der Waals surface area contributed by atoms with Crippen LogP contribution in [0.1, 0.15) is 28.1 Å². The summed E-state index contributed by atoms with van der Waals surface area (Å²) in [7, 11) is 3.26. The zero-order valence-electron chi connectivity index (χ0n) is 23.5. The van der Waals surface area contributed by atoms with E-state index in [0.29, 0.717) is 34.8 Å². The number of nitrogens with zero attached hydrogens (tertiary/aromatic N) is 3. The highest BCUT2D eigenvalue weighted by Gasteiger charge is 2.50. The number of methoxy groups -OCH3 is 1. The Kier molecular flexibility index (Phi) is 9.31. The van der Waals surface area contributed by atoms with E-state index in [2.05, 4.69) is 9.97 Å². The fourth-order valence-corrected chi connectivity index (χ4v) is 4.62. The first-order valence-corrected chi connectivity index (χ1v) is 13.1. The molecule has 0 aliphatic carbocycles. The molecule has 212 valence electrons. The molecule has 0 radical (unpaired) electrons. The second kappa shape index (κ2) is 13.1. The van der Waals surface area contributed by atoms with Crippen LogP contribution in [-0.2, 0) is 26.5 Å². The summed E-state index contributed by atoms with van der Waals surface area (Å²) in [6.45, 7) is 3.45. The normalized spacial score (nSPS) is 11.9. The fraction of sp³-hybridized carbons (Fsp3) is 0.250. The van der Waals surface area contributed by atoms with Crippen LogP contribution in [0.25, 0.3) is 0 Å². The topological polar surface area (TPSA) is 111 Å². The van der Waals surface area contributed by atoms with E-state index in [1.54, 1.807) is 82.6 Å². The van der Waals surface area contributed by atoms with Gasteiger partial charge >= 0.3 is 12.0 Å². The van der Waals surface area contributed by atoms with Gasteiger partial charge in [0.25, 0.3) is 0 Å². The maximum absolute atomic E-state index is 13.4. The minimum Gasteiger partial charge on any atom is -0.497 e. The number of benzene rings is 3. The maximum atomic E-state index is 13.4. The van der Waals surface area contributed by atoms with Gasteiger partial charge in [0.2, 0.25) is 12.0 Å². The summed E-state index contributed by atoms with van der Waals surface area (Å²) in [6, 6.07) is 26.8. The smallest absolute Gasteiger partial charge is 0.348 e. The monoisotopic (exact) mass is 555 g/mol. The van der Waals surface area contributed by atoms with Gasteiger partial charge in [-0.25, -0.2) is 14.8 Å². The highest BCUT2D eigenvalue weighted by Crippen LogP contribution is 2.39. The molecule has 4 aromatic rings. The maximum Gasteiger partial charge on any atom is 0.348 e. The van der Waals surface area contributed by atoms with Crippen molar-refractivity contribution in [3.8, 4) is 11.8 Å². The van der Waals surface area contributed by atoms with Gasteiger partial charge in [0.1, 0.15) is 12.4 Å². The first-order valence-electron chi connectivity index (χ1n) is 13.1. The summed E-state index contributed by atoms with van der Waals surface area (Å²) in [5.74, 6) is -0.933. The van der Waals surface area contributed by atoms with Crippen LogP contribution >= 0.6 is 0 Å². The zero-order chi connectivity index (χ0) is 29.4. The predicted molar refractivity (Wildman–Crippen MR) is 153 cm³/mol. The lowest BCUT2D eigenvalue weighted by molar-refractivity contribution is -0.169. The Hall–Kier alpha value is -4.76. The van der Waals surface area contributed by atoms with Crippen molar-refractivity contribution in [2.75, 3.05) is 20.8 Å². The molecule has 0 saturated heterocycles. The average Bonchev–Trinajstić information content (AvgIpc) is 2.97. The third-order valence-electron chi connectivity index (χ3n) is 6.61. The number of carboxylic acid groups (broad SMARTS) is 1. The molecule has 41 heavy (non-hydrogen) atoms. The highest BCUT2D eigenvalue weighted by atomic mass is 16.6. The van der Waals surface area contributed by atoms with Crippen molar-refractivity contribution in [3.05, 3.63) is 119 Å². The van der Waals surface area contributed by atoms with Crippen LogP contribution < -0.4 is 9.47 Å². The number of aliphatic carboxylic acids is 1. The van der Waals surface area contributed by atoms with E-state index in [0.717, 1.165) is 5.56 Å². The number of aromatic nitrogens is 2. The van der Waals surface area contributed by atoms with Gasteiger partial charge in [-0.2, -0.15) is 0 Å². The van der Waals surface area contributed by atoms with Crippen molar-refractivity contribution in [1.82, 2.24) is 14.9 Å². The van der Waals surface area contributed by atoms with Crippen molar-refractivity contribution in [1.29, 1.82) is 0 Å². The second-order valence-corrected chi connectivity index (χ2v) is 9.62. The van der Waals surface area contributed by atoms with E-state index >= 15 is 0 Å². The van der Waals surface area contributed by atoms with Gasteiger partial charge in [0.15, 0.2) is 5.60 Å². The standard InChI is InChI=1S/C32H33N3O6/c1-22-19-23(2)34-31(33-22)41-29(30(37)38)32(25-11-7-5-8-12-25,26-13-9-6-10-14-26)40-21-28(36)35(3)20-24-15-17-27(39-4)18-16-24/h5-19,29H,20-21H2,1-4H3,(H,37,38). The van der Waals surface area contributed by atoms with Gasteiger partial charge in [-0.1, -0.05) is 72.8 Å². The van der Waals surface area contributed by atoms with E-state index in [1.807, 2.05) is 36.4 Å². The van der Waals surface area contributed by atoms with E-state index in [-0.39, 0.29) is 11.9 Å². The average molecular weight is 556 g/mol. The summed E-state index contributed by atoms with van der Waals surface area (Å²) < 4.78 is 17.7. The molecule has 0 aliphatic heterocycles. The molecule has 1 aromatic heterocycles. The predicted octanol–water partition coefficient (Wildman–Crippen LogP) is 4.55. The van der Waals surface area contributed by atoms with Gasteiger partial charge in [-0.05, 0) is 48.7 Å². The summed E-state index contributed by atoms with van der Waals surface area (Å²) >= 11 is 0. The first-order chi connectivity index (χ1) is 19.7. The Balaban J connectivity index is 1.73. The molecule has 0 fully saturated rings. The van der Waals surface area contributed by atoms with Crippen LogP contribution in [0.3, 0.4) is 0 Å². The van der Waals surface area contributed by atoms with Gasteiger partial charge < -0.3 is 24.2 Å². The first kappa shape index (κ1) is 29.2. The minimum absolute atomic E-state index is 0.0994. The number of carbonyl (C=O) groups is 2. The number of amides is 1. The second-order valence-electron chi connectivity index (χ2n) is 9.62. The van der Waals surface area contributed by atoms with Crippen molar-refractivity contribution in [3.63, 3.8) is 0 Å². The molecular formula is C32H33N3O6. The van der Waals surface area contributed by atoms with Gasteiger partial charge in [0.05, 0.1) is 7.11 Å². The SMILES string of the molecule is COc1ccc(CN(C)C(=O)COC(c2ccccc2)(c2ccccc2)C(Oc2nc(C)cc(C)n2)C(=O)O)cc1. The number of carboxylic acids is 1. The van der Waals surface area contributed by atoms with Crippen molar-refractivity contribution in [2.24, 2.45) is 0 Å². The van der Waals surface area contributed by atoms with Crippen molar-refractivity contribution < 1.29 is 28.9 Å². The van der Waals surface area contributed by atoms with Crippen LogP contribution in [0, 0.1) is 13.8 Å². The van der Waals surface area contributed by atoms with Gasteiger partial charge in [0, 0.05) is 25.0 Å². The molecule has 1 amide bonds. The summed E-state index contributed by atoms with van der Waals surface area (Å²) in [4.78, 5) is 36.5. The van der Waals surface area contributed by atoms with E-state index in [9.17, 15) is 14.7 Å².